The molecule has 0 aliphatic rings. The van der Waals surface area contributed by atoms with Crippen LogP contribution >= 0.6 is 22.7 Å². The lowest BCUT2D eigenvalue weighted by Gasteiger charge is -1.90. The van der Waals surface area contributed by atoms with Crippen molar-refractivity contribution in [2.45, 2.75) is 6.92 Å². The summed E-state index contributed by atoms with van der Waals surface area (Å²) in [5.74, 6) is -0.512. The summed E-state index contributed by atoms with van der Waals surface area (Å²) in [7, 11) is 0. The van der Waals surface area contributed by atoms with E-state index in [1.54, 1.807) is 6.20 Å². The van der Waals surface area contributed by atoms with Crippen molar-refractivity contribution < 1.29 is 14.3 Å². The van der Waals surface area contributed by atoms with Crippen LogP contribution in [0.2, 0.25) is 0 Å². The first-order chi connectivity index (χ1) is 9.15. The molecule has 0 fully saturated rings. The minimum Gasteiger partial charge on any atom is -0.476 e. The molecule has 0 amide bonds. The second-order valence-corrected chi connectivity index (χ2v) is 5.91. The molecule has 19 heavy (non-hydrogen) atoms. The number of carbonyl (C=O) groups is 1. The van der Waals surface area contributed by atoms with Gasteiger partial charge in [0.2, 0.25) is 5.89 Å². The number of thiophene rings is 1. The molecule has 3 heterocycles. The van der Waals surface area contributed by atoms with E-state index in [1.807, 2.05) is 24.4 Å². The van der Waals surface area contributed by atoms with E-state index in [0.717, 1.165) is 9.88 Å². The predicted molar refractivity (Wildman–Crippen MR) is 72.6 cm³/mol. The van der Waals surface area contributed by atoms with E-state index < -0.39 is 5.97 Å². The van der Waals surface area contributed by atoms with Gasteiger partial charge in [-0.2, -0.15) is 0 Å². The van der Waals surface area contributed by atoms with Crippen LogP contribution in [-0.4, -0.2) is 21.0 Å². The van der Waals surface area contributed by atoms with E-state index in [1.165, 1.54) is 22.7 Å². The van der Waals surface area contributed by atoms with Crippen LogP contribution in [0.5, 0.6) is 0 Å². The van der Waals surface area contributed by atoms with Gasteiger partial charge >= 0.3 is 5.97 Å². The Bertz CT molecular complexity index is 728. The van der Waals surface area contributed by atoms with Gasteiger partial charge in [0.1, 0.15) is 0 Å². The summed E-state index contributed by atoms with van der Waals surface area (Å²) in [5.41, 5.74) is -0.0768. The lowest BCUT2D eigenvalue weighted by atomic mass is 10.3. The van der Waals surface area contributed by atoms with Crippen molar-refractivity contribution >= 4 is 28.6 Å². The maximum absolute atomic E-state index is 11.2. The Balaban J connectivity index is 2.15. The molecule has 0 aromatic carbocycles. The Morgan fingerprint density at radius 3 is 2.84 bits per heavy atom. The van der Waals surface area contributed by atoms with Crippen LogP contribution in [0.25, 0.3) is 21.4 Å². The molecule has 0 spiro atoms. The number of rotatable bonds is 3. The van der Waals surface area contributed by atoms with Gasteiger partial charge in [0.15, 0.2) is 11.5 Å². The third kappa shape index (κ3) is 2.18. The van der Waals surface area contributed by atoms with Gasteiger partial charge in [0.05, 0.1) is 14.8 Å². The number of hydrogen-bond acceptors (Lipinski definition) is 6. The van der Waals surface area contributed by atoms with Crippen molar-refractivity contribution in [3.63, 3.8) is 0 Å². The van der Waals surface area contributed by atoms with Gasteiger partial charge in [-0.25, -0.2) is 14.8 Å². The van der Waals surface area contributed by atoms with E-state index in [0.29, 0.717) is 10.8 Å². The largest absolute Gasteiger partial charge is 0.476 e. The van der Waals surface area contributed by atoms with E-state index >= 15 is 0 Å². The number of thiazole rings is 1. The second-order valence-electron chi connectivity index (χ2n) is 3.72. The first-order valence-corrected chi connectivity index (χ1v) is 7.05. The first-order valence-electron chi connectivity index (χ1n) is 5.36. The number of nitrogens with zero attached hydrogens (tertiary/aromatic N) is 2. The summed E-state index contributed by atoms with van der Waals surface area (Å²) >= 11 is 2.83. The quantitative estimate of drug-likeness (QED) is 0.799. The van der Waals surface area contributed by atoms with E-state index in [-0.39, 0.29) is 11.5 Å². The predicted octanol–water partition coefficient (Wildman–Crippen LogP) is 3.53. The molecular formula is C12H8N2O3S2. The number of carboxylic acids is 1. The molecule has 5 nitrogen and oxygen atoms in total. The zero-order valence-corrected chi connectivity index (χ0v) is 11.4. The van der Waals surface area contributed by atoms with Gasteiger partial charge in [0.25, 0.3) is 0 Å². The number of aryl methyl sites for hydroxylation is 1. The lowest BCUT2D eigenvalue weighted by molar-refractivity contribution is 0.0691. The van der Waals surface area contributed by atoms with Crippen LogP contribution in [0, 0.1) is 6.92 Å². The number of hydrogen-bond donors (Lipinski definition) is 1. The van der Waals surface area contributed by atoms with E-state index in [4.69, 9.17) is 4.42 Å². The van der Waals surface area contributed by atoms with Gasteiger partial charge in [-0.15, -0.1) is 22.7 Å². The van der Waals surface area contributed by atoms with Gasteiger partial charge < -0.3 is 9.52 Å². The third-order valence-corrected chi connectivity index (χ3v) is 4.18. The van der Waals surface area contributed by atoms with Crippen LogP contribution in [-0.2, 0) is 0 Å². The molecule has 0 aliphatic heterocycles. The first kappa shape index (κ1) is 12.1. The fourth-order valence-electron chi connectivity index (χ4n) is 1.60. The topological polar surface area (TPSA) is 76.2 Å². The molecule has 0 unspecified atom stereocenters. The maximum atomic E-state index is 11.2. The molecule has 7 heteroatoms. The average molecular weight is 292 g/mol. The highest BCUT2D eigenvalue weighted by atomic mass is 32.1. The molecule has 0 saturated carbocycles. The number of carboxylic acid groups (broad SMARTS) is 1. The minimum absolute atomic E-state index is 0.0768. The lowest BCUT2D eigenvalue weighted by Crippen LogP contribution is -1.98. The van der Waals surface area contributed by atoms with E-state index in [2.05, 4.69) is 9.97 Å². The Labute approximate surface area is 116 Å². The number of aromatic nitrogens is 2. The highest BCUT2D eigenvalue weighted by Gasteiger charge is 2.23. The van der Waals surface area contributed by atoms with Crippen molar-refractivity contribution in [2.24, 2.45) is 0 Å². The van der Waals surface area contributed by atoms with Gasteiger partial charge in [-0.1, -0.05) is 6.07 Å². The normalized spacial score (nSPS) is 10.8. The number of oxazole rings is 1. The van der Waals surface area contributed by atoms with Gasteiger partial charge in [0, 0.05) is 6.20 Å². The van der Waals surface area contributed by atoms with Crippen LogP contribution in [0.1, 0.15) is 15.5 Å². The average Bonchev–Trinajstić information content (AvgIpc) is 3.07. The Morgan fingerprint density at radius 2 is 2.26 bits per heavy atom. The molecule has 3 aromatic rings. The minimum atomic E-state index is -1.10. The van der Waals surface area contributed by atoms with Crippen molar-refractivity contribution in [3.8, 4) is 21.4 Å². The van der Waals surface area contributed by atoms with Crippen molar-refractivity contribution in [2.75, 3.05) is 0 Å². The Hall–Kier alpha value is -1.99. The molecule has 3 rings (SSSR count). The summed E-state index contributed by atoms with van der Waals surface area (Å²) < 4.78 is 5.61. The molecule has 0 radical (unpaired) electrons. The van der Waals surface area contributed by atoms with Gasteiger partial charge in [-0.05, 0) is 18.4 Å². The highest BCUT2D eigenvalue weighted by Crippen LogP contribution is 2.34. The molecular weight excluding hydrogens is 284 g/mol. The number of aromatic carboxylic acids is 1. The molecule has 0 saturated heterocycles. The molecule has 3 aromatic heterocycles. The van der Waals surface area contributed by atoms with Crippen molar-refractivity contribution in [1.29, 1.82) is 0 Å². The molecule has 1 N–H and O–H groups in total. The van der Waals surface area contributed by atoms with Crippen LogP contribution in [0.3, 0.4) is 0 Å². The van der Waals surface area contributed by atoms with Crippen molar-refractivity contribution in [3.05, 3.63) is 34.4 Å². The summed E-state index contributed by atoms with van der Waals surface area (Å²) in [4.78, 5) is 20.9. The van der Waals surface area contributed by atoms with E-state index in [9.17, 15) is 9.90 Å². The second kappa shape index (κ2) is 4.60. The molecule has 0 atom stereocenters. The molecule has 0 bridgehead atoms. The molecule has 0 aliphatic carbocycles. The highest BCUT2D eigenvalue weighted by molar-refractivity contribution is 7.15. The third-order valence-electron chi connectivity index (χ3n) is 2.41. The summed E-state index contributed by atoms with van der Waals surface area (Å²) in [6.07, 6.45) is 1.60. The van der Waals surface area contributed by atoms with Crippen LogP contribution in [0.15, 0.2) is 28.1 Å². The maximum Gasteiger partial charge on any atom is 0.358 e. The van der Waals surface area contributed by atoms with Crippen LogP contribution < -0.4 is 0 Å². The fourth-order valence-corrected chi connectivity index (χ4v) is 3.01. The SMILES string of the molecule is Cc1ncc(-c2oc(-c3cccs3)nc2C(=O)O)s1. The zero-order valence-electron chi connectivity index (χ0n) is 9.78. The van der Waals surface area contributed by atoms with Crippen LogP contribution in [0.4, 0.5) is 0 Å². The standard InChI is InChI=1S/C12H8N2O3S2/c1-6-13-5-8(19-6)10-9(12(15)16)14-11(17-10)7-3-2-4-18-7/h2-5H,1H3,(H,15,16). The summed E-state index contributed by atoms with van der Waals surface area (Å²) in [6, 6.07) is 3.70. The summed E-state index contributed by atoms with van der Waals surface area (Å²) in [5, 5.41) is 11.9. The fraction of sp³-hybridized carbons (Fsp3) is 0.0833. The van der Waals surface area contributed by atoms with Crippen molar-refractivity contribution in [1.82, 2.24) is 9.97 Å². The Morgan fingerprint density at radius 1 is 1.42 bits per heavy atom. The summed E-state index contributed by atoms with van der Waals surface area (Å²) in [6.45, 7) is 1.85. The zero-order chi connectivity index (χ0) is 13.4. The van der Waals surface area contributed by atoms with Gasteiger partial charge in [-0.3, -0.25) is 0 Å². The molecule has 96 valence electrons. The Kier molecular flexibility index (Phi) is 2.92. The smallest absolute Gasteiger partial charge is 0.358 e. The monoisotopic (exact) mass is 292 g/mol.